The van der Waals surface area contributed by atoms with Gasteiger partial charge in [0.2, 0.25) is 5.65 Å². The fraction of sp³-hybridized carbons (Fsp3) is 0.111. The summed E-state index contributed by atoms with van der Waals surface area (Å²) in [4.78, 5) is 4.61. The molecule has 2 aromatic carbocycles. The number of fused-ring (bicyclic) bond motifs is 3. The second kappa shape index (κ2) is 5.73. The van der Waals surface area contributed by atoms with E-state index in [9.17, 15) is 0 Å². The highest BCUT2D eigenvalue weighted by molar-refractivity contribution is 5.99. The Bertz CT molecular complexity index is 1050. The van der Waals surface area contributed by atoms with E-state index in [4.69, 9.17) is 0 Å². The second-order valence-electron chi connectivity index (χ2n) is 5.65. The molecule has 0 unspecified atom stereocenters. The predicted octanol–water partition coefficient (Wildman–Crippen LogP) is 3.42. The van der Waals surface area contributed by atoms with Gasteiger partial charge in [0, 0.05) is 0 Å². The molecule has 2 heterocycles. The van der Waals surface area contributed by atoms with Crippen LogP contribution in [0.2, 0.25) is 0 Å². The molecule has 0 saturated heterocycles. The smallest absolute Gasteiger partial charge is 0.205 e. The molecule has 6 nitrogen and oxygen atoms in total. The number of para-hydroxylation sites is 2. The van der Waals surface area contributed by atoms with Crippen molar-refractivity contribution in [2.45, 2.75) is 13.8 Å². The molecule has 0 fully saturated rings. The van der Waals surface area contributed by atoms with Crippen LogP contribution in [-0.4, -0.2) is 25.3 Å². The van der Waals surface area contributed by atoms with Crippen molar-refractivity contribution in [3.05, 3.63) is 66.0 Å². The Morgan fingerprint density at radius 2 is 1.88 bits per heavy atom. The van der Waals surface area contributed by atoms with Crippen molar-refractivity contribution in [2.75, 3.05) is 5.43 Å². The van der Waals surface area contributed by atoms with Gasteiger partial charge in [-0.25, -0.2) is 4.98 Å². The maximum atomic E-state index is 4.61. The van der Waals surface area contributed by atoms with Crippen molar-refractivity contribution in [3.8, 4) is 0 Å². The summed E-state index contributed by atoms with van der Waals surface area (Å²) in [5.74, 6) is 0.581. The zero-order valence-corrected chi connectivity index (χ0v) is 13.4. The molecule has 4 aromatic rings. The van der Waals surface area contributed by atoms with Crippen LogP contribution in [0, 0.1) is 6.92 Å². The Labute approximate surface area is 138 Å². The number of aromatic nitrogens is 4. The molecule has 118 valence electrons. The van der Waals surface area contributed by atoms with Crippen molar-refractivity contribution in [3.63, 3.8) is 0 Å². The normalized spacial score (nSPS) is 12.0. The summed E-state index contributed by atoms with van der Waals surface area (Å²) in [6.07, 6.45) is 1.68. The first-order chi connectivity index (χ1) is 11.7. The monoisotopic (exact) mass is 316 g/mol. The number of hydrogen-bond acceptors (Lipinski definition) is 5. The molecule has 0 aliphatic heterocycles. The Morgan fingerprint density at radius 3 is 2.71 bits per heavy atom. The zero-order chi connectivity index (χ0) is 16.5. The van der Waals surface area contributed by atoms with Crippen molar-refractivity contribution < 1.29 is 0 Å². The van der Waals surface area contributed by atoms with Gasteiger partial charge in [-0.05, 0) is 31.5 Å². The van der Waals surface area contributed by atoms with Crippen LogP contribution in [0.25, 0.3) is 16.7 Å². The van der Waals surface area contributed by atoms with Crippen LogP contribution in [0.4, 0.5) is 5.82 Å². The third-order valence-electron chi connectivity index (χ3n) is 3.93. The van der Waals surface area contributed by atoms with Gasteiger partial charge in [0.1, 0.15) is 6.33 Å². The largest absolute Gasteiger partial charge is 0.277 e. The summed E-state index contributed by atoms with van der Waals surface area (Å²) in [5.41, 5.74) is 8.66. The van der Waals surface area contributed by atoms with E-state index in [1.54, 1.807) is 6.33 Å². The summed E-state index contributed by atoms with van der Waals surface area (Å²) in [6.45, 7) is 4.02. The predicted molar refractivity (Wildman–Crippen MR) is 95.3 cm³/mol. The first-order valence-corrected chi connectivity index (χ1v) is 7.68. The maximum absolute atomic E-state index is 4.61. The number of aryl methyl sites for hydroxylation is 1. The Morgan fingerprint density at radius 1 is 1.08 bits per heavy atom. The fourth-order valence-electron chi connectivity index (χ4n) is 2.58. The van der Waals surface area contributed by atoms with Crippen molar-refractivity contribution in [1.82, 2.24) is 19.6 Å². The highest BCUT2D eigenvalue weighted by Gasteiger charge is 2.09. The van der Waals surface area contributed by atoms with Gasteiger partial charge in [0.05, 0.1) is 16.7 Å². The number of hydrogen-bond donors (Lipinski definition) is 1. The molecular weight excluding hydrogens is 300 g/mol. The average Bonchev–Trinajstić information content (AvgIpc) is 3.10. The number of rotatable bonds is 3. The minimum Gasteiger partial charge on any atom is -0.277 e. The van der Waals surface area contributed by atoms with Crippen LogP contribution in [0.15, 0.2) is 60.0 Å². The number of nitrogens with one attached hydrogen (secondary N) is 1. The number of hydrazone groups is 1. The molecule has 0 radical (unpaired) electrons. The molecule has 1 N–H and O–H groups in total. The number of benzene rings is 2. The standard InChI is InChI=1S/C18H16N6/c1-12-7-9-14(10-8-12)13(2)21-22-17-18-23-19-11-24(18)16-6-4-3-5-15(16)20-17/h3-11H,1-2H3,(H,20,22). The van der Waals surface area contributed by atoms with Crippen molar-refractivity contribution in [2.24, 2.45) is 5.10 Å². The Balaban J connectivity index is 1.74. The molecular formula is C18H16N6. The molecule has 0 atom stereocenters. The molecule has 4 rings (SSSR count). The van der Waals surface area contributed by atoms with Crippen LogP contribution in [0.5, 0.6) is 0 Å². The van der Waals surface area contributed by atoms with E-state index in [1.807, 2.05) is 35.6 Å². The molecule has 0 spiro atoms. The molecule has 0 aliphatic rings. The van der Waals surface area contributed by atoms with E-state index < -0.39 is 0 Å². The van der Waals surface area contributed by atoms with Gasteiger partial charge < -0.3 is 0 Å². The van der Waals surface area contributed by atoms with Crippen LogP contribution in [0.3, 0.4) is 0 Å². The van der Waals surface area contributed by atoms with E-state index in [-0.39, 0.29) is 0 Å². The lowest BCUT2D eigenvalue weighted by Gasteiger charge is -2.07. The van der Waals surface area contributed by atoms with E-state index in [0.29, 0.717) is 11.5 Å². The summed E-state index contributed by atoms with van der Waals surface area (Å²) in [7, 11) is 0. The van der Waals surface area contributed by atoms with Crippen LogP contribution < -0.4 is 5.43 Å². The second-order valence-corrected chi connectivity index (χ2v) is 5.65. The number of anilines is 1. The third kappa shape index (κ3) is 2.48. The highest BCUT2D eigenvalue weighted by Crippen LogP contribution is 2.19. The van der Waals surface area contributed by atoms with E-state index in [0.717, 1.165) is 22.3 Å². The average molecular weight is 316 g/mol. The minimum atomic E-state index is 0.581. The molecule has 6 heteroatoms. The van der Waals surface area contributed by atoms with Gasteiger partial charge in [-0.3, -0.25) is 9.83 Å². The quantitative estimate of drug-likeness (QED) is 0.464. The minimum absolute atomic E-state index is 0.581. The first-order valence-electron chi connectivity index (χ1n) is 7.68. The third-order valence-corrected chi connectivity index (χ3v) is 3.93. The van der Waals surface area contributed by atoms with E-state index in [2.05, 4.69) is 56.9 Å². The lowest BCUT2D eigenvalue weighted by molar-refractivity contribution is 1.11. The highest BCUT2D eigenvalue weighted by atomic mass is 15.3. The lowest BCUT2D eigenvalue weighted by atomic mass is 10.1. The summed E-state index contributed by atoms with van der Waals surface area (Å²) in [5, 5.41) is 12.6. The maximum Gasteiger partial charge on any atom is 0.205 e. The van der Waals surface area contributed by atoms with Gasteiger partial charge in [-0.1, -0.05) is 42.0 Å². The molecule has 0 saturated carbocycles. The van der Waals surface area contributed by atoms with Crippen LogP contribution in [0.1, 0.15) is 18.1 Å². The van der Waals surface area contributed by atoms with Crippen molar-refractivity contribution in [1.29, 1.82) is 0 Å². The fourth-order valence-corrected chi connectivity index (χ4v) is 2.58. The molecule has 0 bridgehead atoms. The van der Waals surface area contributed by atoms with Gasteiger partial charge in [0.25, 0.3) is 0 Å². The van der Waals surface area contributed by atoms with Gasteiger partial charge in [-0.2, -0.15) is 5.10 Å². The molecule has 0 aliphatic carbocycles. The molecule has 24 heavy (non-hydrogen) atoms. The zero-order valence-electron chi connectivity index (χ0n) is 13.4. The molecule has 0 amide bonds. The van der Waals surface area contributed by atoms with E-state index in [1.165, 1.54) is 5.56 Å². The Kier molecular flexibility index (Phi) is 3.42. The van der Waals surface area contributed by atoms with Gasteiger partial charge >= 0.3 is 0 Å². The van der Waals surface area contributed by atoms with Gasteiger partial charge in [-0.15, -0.1) is 10.2 Å². The van der Waals surface area contributed by atoms with Gasteiger partial charge in [0.15, 0.2) is 5.82 Å². The topological polar surface area (TPSA) is 67.5 Å². The van der Waals surface area contributed by atoms with Crippen molar-refractivity contribution >= 4 is 28.2 Å². The molecule has 2 aromatic heterocycles. The summed E-state index contributed by atoms with van der Waals surface area (Å²) >= 11 is 0. The Hall–Kier alpha value is -3.28. The first kappa shape index (κ1) is 14.3. The van der Waals surface area contributed by atoms with Crippen LogP contribution >= 0.6 is 0 Å². The lowest BCUT2D eigenvalue weighted by Crippen LogP contribution is -2.03. The summed E-state index contributed by atoms with van der Waals surface area (Å²) < 4.78 is 1.90. The van der Waals surface area contributed by atoms with Crippen LogP contribution in [-0.2, 0) is 0 Å². The SMILES string of the molecule is CC(=NNc1nc2ccccc2n2cnnc12)c1ccc(C)cc1. The number of nitrogens with zero attached hydrogens (tertiary/aromatic N) is 5. The summed E-state index contributed by atoms with van der Waals surface area (Å²) in [6, 6.07) is 16.1. The van der Waals surface area contributed by atoms with E-state index >= 15 is 0 Å².